The minimum atomic E-state index is -0.0695. The molecule has 2 aromatic carbocycles. The number of para-hydroxylation sites is 1. The van der Waals surface area contributed by atoms with Gasteiger partial charge in [-0.05, 0) is 53.8 Å². The normalized spacial score (nSPS) is 10.8. The molecule has 1 amide bonds. The van der Waals surface area contributed by atoms with Crippen LogP contribution in [0.25, 0.3) is 5.69 Å². The van der Waals surface area contributed by atoms with Crippen molar-refractivity contribution in [3.8, 4) is 11.4 Å². The second-order valence-corrected chi connectivity index (χ2v) is 9.01. The molecule has 0 bridgehead atoms. The second-order valence-electron chi connectivity index (χ2n) is 7.04. The van der Waals surface area contributed by atoms with Crippen molar-refractivity contribution in [2.24, 2.45) is 0 Å². The molecular formula is C24H24N4O2S2. The fourth-order valence-corrected chi connectivity index (χ4v) is 4.81. The average Bonchev–Trinajstić information content (AvgIpc) is 3.48. The number of thiophene rings is 1. The van der Waals surface area contributed by atoms with Crippen molar-refractivity contribution < 1.29 is 9.53 Å². The minimum absolute atomic E-state index is 0.0695. The van der Waals surface area contributed by atoms with Crippen molar-refractivity contribution in [3.63, 3.8) is 0 Å². The van der Waals surface area contributed by atoms with E-state index in [1.165, 1.54) is 16.6 Å². The zero-order valence-electron chi connectivity index (χ0n) is 17.9. The van der Waals surface area contributed by atoms with Gasteiger partial charge in [0.25, 0.3) is 0 Å². The van der Waals surface area contributed by atoms with Crippen molar-refractivity contribution in [3.05, 3.63) is 82.3 Å². The first-order valence-electron chi connectivity index (χ1n) is 10.3. The lowest BCUT2D eigenvalue weighted by atomic mass is 10.1. The highest BCUT2D eigenvalue weighted by Crippen LogP contribution is 2.26. The van der Waals surface area contributed by atoms with Gasteiger partial charge in [-0.15, -0.1) is 21.5 Å². The van der Waals surface area contributed by atoms with E-state index >= 15 is 0 Å². The van der Waals surface area contributed by atoms with Crippen molar-refractivity contribution >= 4 is 34.7 Å². The van der Waals surface area contributed by atoms with Crippen LogP contribution < -0.4 is 10.1 Å². The number of aryl methyl sites for hydroxylation is 1. The zero-order valence-corrected chi connectivity index (χ0v) is 19.6. The zero-order chi connectivity index (χ0) is 22.3. The molecule has 164 valence electrons. The number of rotatable bonds is 9. The number of carbonyl (C=O) groups is 1. The molecule has 4 aromatic rings. The fraction of sp³-hybridized carbons (Fsp3) is 0.208. The quantitative estimate of drug-likeness (QED) is 0.344. The van der Waals surface area contributed by atoms with Gasteiger partial charge in [0, 0.05) is 22.7 Å². The molecular weight excluding hydrogens is 440 g/mol. The van der Waals surface area contributed by atoms with Gasteiger partial charge in [-0.25, -0.2) is 0 Å². The summed E-state index contributed by atoms with van der Waals surface area (Å²) >= 11 is 3.06. The molecule has 0 spiro atoms. The Morgan fingerprint density at radius 1 is 1.09 bits per heavy atom. The van der Waals surface area contributed by atoms with Crippen LogP contribution in [0.4, 0.5) is 5.69 Å². The maximum Gasteiger partial charge on any atom is 0.234 e. The molecule has 0 fully saturated rings. The van der Waals surface area contributed by atoms with Gasteiger partial charge in [0.05, 0.1) is 12.9 Å². The number of methoxy groups -OCH3 is 1. The van der Waals surface area contributed by atoms with Crippen LogP contribution in [0.3, 0.4) is 0 Å². The van der Waals surface area contributed by atoms with E-state index in [2.05, 4.69) is 33.9 Å². The van der Waals surface area contributed by atoms with Crippen LogP contribution in [0.15, 0.2) is 71.2 Å². The number of aromatic nitrogens is 3. The summed E-state index contributed by atoms with van der Waals surface area (Å²) in [4.78, 5) is 13.9. The first-order chi connectivity index (χ1) is 15.7. The molecule has 0 aliphatic rings. The number of benzene rings is 2. The molecule has 0 aliphatic heterocycles. The van der Waals surface area contributed by atoms with E-state index in [4.69, 9.17) is 4.74 Å². The number of thioether (sulfide) groups is 1. The first-order valence-corrected chi connectivity index (χ1v) is 12.2. The maximum absolute atomic E-state index is 12.6. The largest absolute Gasteiger partial charge is 0.497 e. The van der Waals surface area contributed by atoms with E-state index in [1.807, 2.05) is 59.2 Å². The van der Waals surface area contributed by atoms with Crippen LogP contribution in [0.1, 0.15) is 23.2 Å². The third kappa shape index (κ3) is 5.20. The smallest absolute Gasteiger partial charge is 0.234 e. The number of nitrogens with zero attached hydrogens (tertiary/aromatic N) is 3. The highest BCUT2D eigenvalue weighted by Gasteiger charge is 2.17. The SMILES string of the molecule is CCc1ccccc1NC(=O)CSc1nnc(Cc2cccs2)n1-c1ccc(OC)cc1. The Morgan fingerprint density at radius 3 is 2.62 bits per heavy atom. The van der Waals surface area contributed by atoms with E-state index in [1.54, 1.807) is 18.4 Å². The van der Waals surface area contributed by atoms with Gasteiger partial charge in [-0.2, -0.15) is 0 Å². The molecule has 32 heavy (non-hydrogen) atoms. The lowest BCUT2D eigenvalue weighted by Gasteiger charge is -2.12. The number of hydrogen-bond acceptors (Lipinski definition) is 6. The van der Waals surface area contributed by atoms with Crippen LogP contribution in [0.2, 0.25) is 0 Å². The van der Waals surface area contributed by atoms with Gasteiger partial charge in [-0.1, -0.05) is 43.0 Å². The number of hydrogen-bond donors (Lipinski definition) is 1. The second kappa shape index (κ2) is 10.5. The lowest BCUT2D eigenvalue weighted by molar-refractivity contribution is -0.113. The van der Waals surface area contributed by atoms with Gasteiger partial charge in [0.15, 0.2) is 5.16 Å². The Hall–Kier alpha value is -3.10. The fourth-order valence-electron chi connectivity index (χ4n) is 3.33. The number of anilines is 1. The molecule has 0 aliphatic carbocycles. The predicted molar refractivity (Wildman–Crippen MR) is 130 cm³/mol. The standard InChI is InChI=1S/C24H24N4O2S2/c1-3-17-7-4-5-9-21(17)25-23(29)16-32-24-27-26-22(15-20-8-6-14-31-20)28(24)18-10-12-19(30-2)13-11-18/h4-14H,3,15-16H2,1-2H3,(H,25,29). The molecule has 0 radical (unpaired) electrons. The Kier molecular flexibility index (Phi) is 7.24. The Bertz CT molecular complexity index is 1170. The van der Waals surface area contributed by atoms with Crippen LogP contribution in [0.5, 0.6) is 5.75 Å². The summed E-state index contributed by atoms with van der Waals surface area (Å²) in [6.07, 6.45) is 1.54. The Morgan fingerprint density at radius 2 is 1.91 bits per heavy atom. The molecule has 1 N–H and O–H groups in total. The number of carbonyl (C=O) groups excluding carboxylic acids is 1. The summed E-state index contributed by atoms with van der Waals surface area (Å²) in [5, 5.41) is 14.6. The van der Waals surface area contributed by atoms with Crippen molar-refractivity contribution in [2.45, 2.75) is 24.9 Å². The number of ether oxygens (including phenoxy) is 1. The van der Waals surface area contributed by atoms with Crippen LogP contribution in [-0.4, -0.2) is 33.5 Å². The van der Waals surface area contributed by atoms with E-state index in [0.29, 0.717) is 11.6 Å². The van der Waals surface area contributed by atoms with E-state index < -0.39 is 0 Å². The molecule has 2 aromatic heterocycles. The van der Waals surface area contributed by atoms with E-state index in [0.717, 1.165) is 34.9 Å². The molecule has 0 saturated heterocycles. The molecule has 2 heterocycles. The maximum atomic E-state index is 12.6. The number of nitrogens with one attached hydrogen (secondary N) is 1. The average molecular weight is 465 g/mol. The van der Waals surface area contributed by atoms with Crippen LogP contribution in [0, 0.1) is 0 Å². The third-order valence-corrected chi connectivity index (χ3v) is 6.75. The highest BCUT2D eigenvalue weighted by molar-refractivity contribution is 7.99. The van der Waals surface area contributed by atoms with Crippen molar-refractivity contribution in [2.75, 3.05) is 18.2 Å². The molecule has 0 atom stereocenters. The third-order valence-electron chi connectivity index (χ3n) is 4.95. The molecule has 4 rings (SSSR count). The summed E-state index contributed by atoms with van der Waals surface area (Å²) in [7, 11) is 1.65. The van der Waals surface area contributed by atoms with Gasteiger partial charge in [0.1, 0.15) is 11.6 Å². The van der Waals surface area contributed by atoms with Gasteiger partial charge >= 0.3 is 0 Å². The molecule has 0 unspecified atom stereocenters. The summed E-state index contributed by atoms with van der Waals surface area (Å²) < 4.78 is 7.30. The summed E-state index contributed by atoms with van der Waals surface area (Å²) in [5.74, 6) is 1.78. The summed E-state index contributed by atoms with van der Waals surface area (Å²) in [6, 6.07) is 19.8. The van der Waals surface area contributed by atoms with Crippen molar-refractivity contribution in [1.29, 1.82) is 0 Å². The number of amides is 1. The minimum Gasteiger partial charge on any atom is -0.497 e. The van der Waals surface area contributed by atoms with E-state index in [9.17, 15) is 4.79 Å². The summed E-state index contributed by atoms with van der Waals surface area (Å²) in [6.45, 7) is 2.08. The Balaban J connectivity index is 1.54. The molecule has 8 heteroatoms. The Labute approximate surface area is 195 Å². The highest BCUT2D eigenvalue weighted by atomic mass is 32.2. The van der Waals surface area contributed by atoms with Gasteiger partial charge in [0.2, 0.25) is 5.91 Å². The van der Waals surface area contributed by atoms with E-state index in [-0.39, 0.29) is 11.7 Å². The van der Waals surface area contributed by atoms with Gasteiger partial charge < -0.3 is 10.1 Å². The molecule has 6 nitrogen and oxygen atoms in total. The summed E-state index contributed by atoms with van der Waals surface area (Å²) in [5.41, 5.74) is 2.91. The van der Waals surface area contributed by atoms with Crippen LogP contribution in [-0.2, 0) is 17.6 Å². The predicted octanol–water partition coefficient (Wildman–Crippen LogP) is 5.22. The van der Waals surface area contributed by atoms with Crippen LogP contribution >= 0.6 is 23.1 Å². The monoisotopic (exact) mass is 464 g/mol. The van der Waals surface area contributed by atoms with Gasteiger partial charge in [-0.3, -0.25) is 9.36 Å². The lowest BCUT2D eigenvalue weighted by Crippen LogP contribution is -2.15. The van der Waals surface area contributed by atoms with Crippen molar-refractivity contribution in [1.82, 2.24) is 14.8 Å². The topological polar surface area (TPSA) is 69.0 Å². The molecule has 0 saturated carbocycles. The first kappa shape index (κ1) is 22.1.